The van der Waals surface area contributed by atoms with E-state index in [0.717, 1.165) is 49.2 Å². The van der Waals surface area contributed by atoms with Crippen LogP contribution in [0, 0.1) is 0 Å². The predicted molar refractivity (Wildman–Crippen MR) is 97.5 cm³/mol. The van der Waals surface area contributed by atoms with E-state index in [-0.39, 0.29) is 11.9 Å². The Kier molecular flexibility index (Phi) is 6.01. The molecule has 0 radical (unpaired) electrons. The first kappa shape index (κ1) is 17.4. The van der Waals surface area contributed by atoms with Gasteiger partial charge in [0.15, 0.2) is 0 Å². The van der Waals surface area contributed by atoms with Crippen molar-refractivity contribution in [1.82, 2.24) is 15.2 Å². The van der Waals surface area contributed by atoms with Crippen LogP contribution in [-0.2, 0) is 11.2 Å². The summed E-state index contributed by atoms with van der Waals surface area (Å²) < 4.78 is 5.24. The second-order valence-corrected chi connectivity index (χ2v) is 6.32. The molecular weight excluding hydrogens is 314 g/mol. The Morgan fingerprint density at radius 2 is 2.12 bits per heavy atom. The molecule has 3 rings (SSSR count). The summed E-state index contributed by atoms with van der Waals surface area (Å²) in [6, 6.07) is 11.6. The predicted octanol–water partition coefficient (Wildman–Crippen LogP) is 2.59. The zero-order valence-corrected chi connectivity index (χ0v) is 14.6. The van der Waals surface area contributed by atoms with Crippen molar-refractivity contribution in [2.75, 3.05) is 26.7 Å². The molecule has 1 atom stereocenters. The number of likely N-dealkylation sites (tertiary alicyclic amines) is 1. The minimum absolute atomic E-state index is 0.0535. The Morgan fingerprint density at radius 1 is 1.28 bits per heavy atom. The van der Waals surface area contributed by atoms with E-state index in [2.05, 4.69) is 15.2 Å². The molecule has 1 aromatic carbocycles. The Hall–Kier alpha value is -2.40. The fourth-order valence-corrected chi connectivity index (χ4v) is 3.32. The molecule has 1 fully saturated rings. The minimum atomic E-state index is -0.249. The monoisotopic (exact) mass is 339 g/mol. The number of hydrogen-bond donors (Lipinski definition) is 1. The Labute approximate surface area is 149 Å². The normalized spacial score (nSPS) is 15.7. The number of hydrogen-bond acceptors (Lipinski definition) is 4. The van der Waals surface area contributed by atoms with Gasteiger partial charge in [0.2, 0.25) is 5.91 Å². The minimum Gasteiger partial charge on any atom is -0.497 e. The highest BCUT2D eigenvalue weighted by Gasteiger charge is 2.29. The highest BCUT2D eigenvalue weighted by Crippen LogP contribution is 2.24. The number of carbonyl (C=O) groups is 1. The molecule has 0 spiro atoms. The third-order valence-electron chi connectivity index (χ3n) is 4.60. The van der Waals surface area contributed by atoms with Crippen molar-refractivity contribution in [3.8, 4) is 5.75 Å². The van der Waals surface area contributed by atoms with Crippen molar-refractivity contribution in [2.24, 2.45) is 0 Å². The molecule has 0 bridgehead atoms. The first-order valence-corrected chi connectivity index (χ1v) is 8.82. The summed E-state index contributed by atoms with van der Waals surface area (Å²) in [5.41, 5.74) is 2.11. The molecule has 0 saturated carbocycles. The number of rotatable bonds is 7. The van der Waals surface area contributed by atoms with Gasteiger partial charge >= 0.3 is 0 Å². The van der Waals surface area contributed by atoms with Gasteiger partial charge in [-0.3, -0.25) is 14.7 Å². The second-order valence-electron chi connectivity index (χ2n) is 6.32. The smallest absolute Gasteiger partial charge is 0.242 e. The fraction of sp³-hybridized carbons (Fsp3) is 0.400. The Balaban J connectivity index is 1.62. The summed E-state index contributed by atoms with van der Waals surface area (Å²) in [5.74, 6) is 0.895. The van der Waals surface area contributed by atoms with Crippen molar-refractivity contribution in [1.29, 1.82) is 0 Å². The molecule has 1 aliphatic heterocycles. The van der Waals surface area contributed by atoms with Gasteiger partial charge in [0.1, 0.15) is 11.8 Å². The van der Waals surface area contributed by atoms with Crippen LogP contribution in [0.4, 0.5) is 0 Å². The highest BCUT2D eigenvalue weighted by molar-refractivity contribution is 5.83. The molecule has 2 heterocycles. The van der Waals surface area contributed by atoms with Crippen LogP contribution in [-0.4, -0.2) is 42.5 Å². The Morgan fingerprint density at radius 3 is 2.84 bits per heavy atom. The Bertz CT molecular complexity index is 684. The molecule has 25 heavy (non-hydrogen) atoms. The summed E-state index contributed by atoms with van der Waals surface area (Å²) >= 11 is 0. The van der Waals surface area contributed by atoms with Crippen molar-refractivity contribution in [2.45, 2.75) is 25.3 Å². The standard InChI is InChI=1S/C20H25N3O2/c1-25-18-8-4-6-16(14-18)9-11-22-20(24)19(23-12-2-3-13-23)17-7-5-10-21-15-17/h4-8,10,14-15,19H,2-3,9,11-13H2,1H3,(H,22,24). The van der Waals surface area contributed by atoms with E-state index in [9.17, 15) is 4.79 Å². The molecule has 2 aromatic rings. The van der Waals surface area contributed by atoms with E-state index in [1.807, 2.05) is 36.4 Å². The second kappa shape index (κ2) is 8.62. The van der Waals surface area contributed by atoms with Crippen molar-refractivity contribution in [3.63, 3.8) is 0 Å². The molecular formula is C20H25N3O2. The van der Waals surface area contributed by atoms with Crippen LogP contribution in [0.5, 0.6) is 5.75 Å². The number of ether oxygens (including phenoxy) is 1. The molecule has 5 nitrogen and oxygen atoms in total. The number of nitrogens with one attached hydrogen (secondary N) is 1. The third kappa shape index (κ3) is 4.57. The molecule has 5 heteroatoms. The van der Waals surface area contributed by atoms with Crippen molar-refractivity contribution in [3.05, 3.63) is 59.9 Å². The lowest BCUT2D eigenvalue weighted by Gasteiger charge is -2.26. The average molecular weight is 339 g/mol. The zero-order chi connectivity index (χ0) is 17.5. The molecule has 1 saturated heterocycles. The van der Waals surface area contributed by atoms with Crippen LogP contribution in [0.1, 0.15) is 30.0 Å². The number of amides is 1. The van der Waals surface area contributed by atoms with E-state index in [4.69, 9.17) is 4.74 Å². The highest BCUT2D eigenvalue weighted by atomic mass is 16.5. The molecule has 1 aliphatic rings. The van der Waals surface area contributed by atoms with E-state index >= 15 is 0 Å². The maximum absolute atomic E-state index is 12.8. The van der Waals surface area contributed by atoms with Crippen LogP contribution in [0.2, 0.25) is 0 Å². The van der Waals surface area contributed by atoms with Gasteiger partial charge in [0, 0.05) is 18.9 Å². The summed E-state index contributed by atoms with van der Waals surface area (Å²) in [7, 11) is 1.66. The first-order valence-electron chi connectivity index (χ1n) is 8.82. The molecule has 1 unspecified atom stereocenters. The lowest BCUT2D eigenvalue weighted by Crippen LogP contribution is -2.40. The number of benzene rings is 1. The van der Waals surface area contributed by atoms with E-state index in [1.165, 1.54) is 0 Å². The van der Waals surface area contributed by atoms with Gasteiger partial charge in [-0.05, 0) is 61.7 Å². The van der Waals surface area contributed by atoms with Crippen LogP contribution >= 0.6 is 0 Å². The summed E-state index contributed by atoms with van der Waals surface area (Å²) in [5, 5.41) is 3.09. The van der Waals surface area contributed by atoms with E-state index in [0.29, 0.717) is 6.54 Å². The quantitative estimate of drug-likeness (QED) is 0.842. The van der Waals surface area contributed by atoms with Crippen molar-refractivity contribution < 1.29 is 9.53 Å². The van der Waals surface area contributed by atoms with Gasteiger partial charge < -0.3 is 10.1 Å². The average Bonchev–Trinajstić information content (AvgIpc) is 3.17. The van der Waals surface area contributed by atoms with Gasteiger partial charge in [-0.1, -0.05) is 18.2 Å². The van der Waals surface area contributed by atoms with Crippen molar-refractivity contribution >= 4 is 5.91 Å². The summed E-state index contributed by atoms with van der Waals surface area (Å²) in [6.45, 7) is 2.53. The van der Waals surface area contributed by atoms with Crippen LogP contribution in [0.15, 0.2) is 48.8 Å². The third-order valence-corrected chi connectivity index (χ3v) is 4.60. The van der Waals surface area contributed by atoms with Gasteiger partial charge in [-0.2, -0.15) is 0 Å². The molecule has 1 amide bonds. The van der Waals surface area contributed by atoms with Gasteiger partial charge in [-0.25, -0.2) is 0 Å². The summed E-state index contributed by atoms with van der Waals surface area (Å²) in [6.07, 6.45) is 6.61. The maximum atomic E-state index is 12.8. The lowest BCUT2D eigenvalue weighted by atomic mass is 10.1. The topological polar surface area (TPSA) is 54.5 Å². The largest absolute Gasteiger partial charge is 0.497 e. The molecule has 0 aliphatic carbocycles. The van der Waals surface area contributed by atoms with E-state index in [1.54, 1.807) is 19.5 Å². The van der Waals surface area contributed by atoms with Gasteiger partial charge in [0.25, 0.3) is 0 Å². The van der Waals surface area contributed by atoms with Gasteiger partial charge in [0.05, 0.1) is 7.11 Å². The fourth-order valence-electron chi connectivity index (χ4n) is 3.32. The lowest BCUT2D eigenvalue weighted by molar-refractivity contribution is -0.126. The van der Waals surface area contributed by atoms with E-state index < -0.39 is 0 Å². The van der Waals surface area contributed by atoms with Crippen LogP contribution in [0.3, 0.4) is 0 Å². The number of carbonyl (C=O) groups excluding carboxylic acids is 1. The number of methoxy groups -OCH3 is 1. The van der Waals surface area contributed by atoms with Crippen LogP contribution in [0.25, 0.3) is 0 Å². The van der Waals surface area contributed by atoms with Crippen LogP contribution < -0.4 is 10.1 Å². The first-order chi connectivity index (χ1) is 12.3. The number of nitrogens with zero attached hydrogens (tertiary/aromatic N) is 2. The molecule has 1 N–H and O–H groups in total. The summed E-state index contributed by atoms with van der Waals surface area (Å²) in [4.78, 5) is 19.3. The molecule has 132 valence electrons. The zero-order valence-electron chi connectivity index (χ0n) is 14.6. The maximum Gasteiger partial charge on any atom is 0.242 e. The number of pyridine rings is 1. The number of aromatic nitrogens is 1. The SMILES string of the molecule is COc1cccc(CCNC(=O)C(c2cccnc2)N2CCCC2)c1. The van der Waals surface area contributed by atoms with Gasteiger partial charge in [-0.15, -0.1) is 0 Å². The molecule has 1 aromatic heterocycles.